The van der Waals surface area contributed by atoms with Crippen molar-refractivity contribution in [3.8, 4) is 11.3 Å². The van der Waals surface area contributed by atoms with Crippen molar-refractivity contribution in [1.82, 2.24) is 9.78 Å². The summed E-state index contributed by atoms with van der Waals surface area (Å²) in [6.45, 7) is 9.22. The first-order valence-electron chi connectivity index (χ1n) is 8.41. The molecule has 0 aliphatic carbocycles. The molecule has 2 heterocycles. The lowest BCUT2D eigenvalue weighted by Crippen LogP contribution is -2.41. The van der Waals surface area contributed by atoms with Crippen LogP contribution in [-0.2, 0) is 20.6 Å². The number of hydrogen-bond donors (Lipinski definition) is 0. The van der Waals surface area contributed by atoms with Crippen LogP contribution < -0.4 is 5.46 Å². The number of hydrogen-bond acceptors (Lipinski definition) is 4. The van der Waals surface area contributed by atoms with Crippen molar-refractivity contribution in [2.75, 3.05) is 13.7 Å². The Balaban J connectivity index is 2.00. The molecule has 7 heteroatoms. The third kappa shape index (κ3) is 3.49. The van der Waals surface area contributed by atoms with E-state index in [9.17, 15) is 4.39 Å². The second-order valence-electron chi connectivity index (χ2n) is 7.28. The van der Waals surface area contributed by atoms with Crippen molar-refractivity contribution >= 4 is 12.6 Å². The molecule has 3 rings (SSSR count). The van der Waals surface area contributed by atoms with E-state index in [1.54, 1.807) is 19.2 Å². The lowest BCUT2D eigenvalue weighted by atomic mass is 9.78. The lowest BCUT2D eigenvalue weighted by Gasteiger charge is -2.32. The maximum absolute atomic E-state index is 13.3. The van der Waals surface area contributed by atoms with Gasteiger partial charge < -0.3 is 14.0 Å². The average Bonchev–Trinajstić information content (AvgIpc) is 3.05. The fraction of sp³-hybridized carbons (Fsp3) is 0.500. The van der Waals surface area contributed by atoms with Crippen molar-refractivity contribution in [2.45, 2.75) is 45.4 Å². The van der Waals surface area contributed by atoms with E-state index in [0.717, 1.165) is 16.7 Å². The summed E-state index contributed by atoms with van der Waals surface area (Å²) in [7, 11) is 1.13. The molecule has 0 spiro atoms. The third-order valence-electron chi connectivity index (χ3n) is 4.94. The number of methoxy groups -OCH3 is 1. The topological polar surface area (TPSA) is 45.5 Å². The standard InChI is InChI=1S/C18H24BFN2O3/c1-17(2)18(3,4)25-19(24-17)15-12-22(10-11-23-5)21-16(15)13-6-8-14(20)9-7-13/h6-9,12H,10-11H2,1-5H3. The van der Waals surface area contributed by atoms with Crippen LogP contribution in [0.4, 0.5) is 4.39 Å². The summed E-state index contributed by atoms with van der Waals surface area (Å²) in [5, 5.41) is 4.64. The van der Waals surface area contributed by atoms with Gasteiger partial charge in [0.15, 0.2) is 0 Å². The molecule has 0 radical (unpaired) electrons. The molecule has 2 aromatic rings. The summed E-state index contributed by atoms with van der Waals surface area (Å²) < 4.78 is 32.6. The van der Waals surface area contributed by atoms with Crippen LogP contribution in [0, 0.1) is 5.82 Å². The minimum atomic E-state index is -0.527. The highest BCUT2D eigenvalue weighted by molar-refractivity contribution is 6.63. The predicted molar refractivity (Wildman–Crippen MR) is 95.2 cm³/mol. The van der Waals surface area contributed by atoms with Gasteiger partial charge in [-0.05, 0) is 52.0 Å². The molecule has 134 valence electrons. The number of ether oxygens (including phenoxy) is 1. The molecule has 1 fully saturated rings. The molecule has 25 heavy (non-hydrogen) atoms. The van der Waals surface area contributed by atoms with Gasteiger partial charge in [0.2, 0.25) is 0 Å². The van der Waals surface area contributed by atoms with E-state index in [2.05, 4.69) is 5.10 Å². The van der Waals surface area contributed by atoms with Crippen LogP contribution in [0.2, 0.25) is 0 Å². The first-order valence-corrected chi connectivity index (χ1v) is 8.41. The van der Waals surface area contributed by atoms with Gasteiger partial charge in [0, 0.05) is 24.3 Å². The second-order valence-corrected chi connectivity index (χ2v) is 7.28. The van der Waals surface area contributed by atoms with Crippen molar-refractivity contribution < 1.29 is 18.4 Å². The molecule has 1 aliphatic heterocycles. The van der Waals surface area contributed by atoms with Gasteiger partial charge in [-0.25, -0.2) is 4.39 Å². The smallest absolute Gasteiger partial charge is 0.399 e. The van der Waals surface area contributed by atoms with Gasteiger partial charge in [-0.3, -0.25) is 4.68 Å². The van der Waals surface area contributed by atoms with Crippen molar-refractivity contribution in [3.05, 3.63) is 36.3 Å². The molecule has 0 amide bonds. The summed E-state index contributed by atoms with van der Waals surface area (Å²) in [5.74, 6) is -0.278. The maximum Gasteiger partial charge on any atom is 0.498 e. The largest absolute Gasteiger partial charge is 0.498 e. The maximum atomic E-state index is 13.3. The Morgan fingerprint density at radius 3 is 2.28 bits per heavy atom. The van der Waals surface area contributed by atoms with Gasteiger partial charge in [0.1, 0.15) is 5.82 Å². The number of halogens is 1. The molecule has 0 atom stereocenters. The summed E-state index contributed by atoms with van der Waals surface area (Å²) in [5.41, 5.74) is 1.51. The Kier molecular flexibility index (Phi) is 4.75. The zero-order chi connectivity index (χ0) is 18.2. The Labute approximate surface area is 148 Å². The first-order chi connectivity index (χ1) is 11.7. The van der Waals surface area contributed by atoms with Crippen LogP contribution in [-0.4, -0.2) is 41.8 Å². The van der Waals surface area contributed by atoms with E-state index in [-0.39, 0.29) is 5.82 Å². The van der Waals surface area contributed by atoms with Crippen LogP contribution in [0.25, 0.3) is 11.3 Å². The Morgan fingerprint density at radius 1 is 1.12 bits per heavy atom. The summed E-state index contributed by atoms with van der Waals surface area (Å²) in [4.78, 5) is 0. The molecule has 1 aromatic heterocycles. The molecular formula is C18H24BFN2O3. The molecule has 0 N–H and O–H groups in total. The van der Waals surface area contributed by atoms with E-state index >= 15 is 0 Å². The molecule has 0 saturated carbocycles. The molecule has 1 saturated heterocycles. The van der Waals surface area contributed by atoms with Crippen LogP contribution in [0.1, 0.15) is 27.7 Å². The Hall–Kier alpha value is -1.70. The number of benzene rings is 1. The Morgan fingerprint density at radius 2 is 1.72 bits per heavy atom. The monoisotopic (exact) mass is 346 g/mol. The Bertz CT molecular complexity index is 727. The van der Waals surface area contributed by atoms with Crippen molar-refractivity contribution in [3.63, 3.8) is 0 Å². The van der Waals surface area contributed by atoms with Crippen molar-refractivity contribution in [1.29, 1.82) is 0 Å². The molecule has 1 aromatic carbocycles. The SMILES string of the molecule is COCCn1cc(B2OC(C)(C)C(C)(C)O2)c(-c2ccc(F)cc2)n1. The average molecular weight is 346 g/mol. The predicted octanol–water partition coefficient (Wildman–Crippen LogP) is 2.63. The minimum Gasteiger partial charge on any atom is -0.399 e. The molecule has 1 aliphatic rings. The van der Waals surface area contributed by atoms with Crippen LogP contribution >= 0.6 is 0 Å². The molecule has 5 nitrogen and oxygen atoms in total. The zero-order valence-electron chi connectivity index (χ0n) is 15.4. The van der Waals surface area contributed by atoms with E-state index < -0.39 is 18.3 Å². The quantitative estimate of drug-likeness (QED) is 0.781. The van der Waals surface area contributed by atoms with Crippen LogP contribution in [0.15, 0.2) is 30.5 Å². The van der Waals surface area contributed by atoms with Crippen molar-refractivity contribution in [2.24, 2.45) is 0 Å². The van der Waals surface area contributed by atoms with Gasteiger partial charge in [-0.1, -0.05) is 0 Å². The first kappa shape index (κ1) is 18.1. The van der Waals surface area contributed by atoms with E-state index in [1.807, 2.05) is 38.6 Å². The molecule has 0 unspecified atom stereocenters. The second kappa shape index (κ2) is 6.55. The van der Waals surface area contributed by atoms with E-state index in [0.29, 0.717) is 13.2 Å². The fourth-order valence-corrected chi connectivity index (χ4v) is 2.71. The fourth-order valence-electron chi connectivity index (χ4n) is 2.71. The minimum absolute atomic E-state index is 0.278. The molecule has 0 bridgehead atoms. The number of rotatable bonds is 5. The highest BCUT2D eigenvalue weighted by Gasteiger charge is 2.52. The lowest BCUT2D eigenvalue weighted by molar-refractivity contribution is 0.00578. The number of aromatic nitrogens is 2. The summed E-state index contributed by atoms with van der Waals surface area (Å²) in [6, 6.07) is 6.29. The number of nitrogens with zero attached hydrogens (tertiary/aromatic N) is 2. The van der Waals surface area contributed by atoms with Crippen LogP contribution in [0.5, 0.6) is 0 Å². The van der Waals surface area contributed by atoms with Gasteiger partial charge in [0.25, 0.3) is 0 Å². The van der Waals surface area contributed by atoms with Crippen LogP contribution in [0.3, 0.4) is 0 Å². The normalized spacial score (nSPS) is 18.7. The third-order valence-corrected chi connectivity index (χ3v) is 4.94. The van der Waals surface area contributed by atoms with E-state index in [4.69, 9.17) is 14.0 Å². The summed E-state index contributed by atoms with van der Waals surface area (Å²) >= 11 is 0. The summed E-state index contributed by atoms with van der Waals surface area (Å²) in [6.07, 6.45) is 1.92. The van der Waals surface area contributed by atoms with Gasteiger partial charge in [-0.2, -0.15) is 5.10 Å². The van der Waals surface area contributed by atoms with Gasteiger partial charge in [-0.15, -0.1) is 0 Å². The highest BCUT2D eigenvalue weighted by Crippen LogP contribution is 2.37. The van der Waals surface area contributed by atoms with Gasteiger partial charge in [0.05, 0.1) is 30.0 Å². The molecular weight excluding hydrogens is 322 g/mol. The zero-order valence-corrected chi connectivity index (χ0v) is 15.4. The van der Waals surface area contributed by atoms with E-state index in [1.165, 1.54) is 12.1 Å². The highest BCUT2D eigenvalue weighted by atomic mass is 19.1. The van der Waals surface area contributed by atoms with Gasteiger partial charge >= 0.3 is 7.12 Å².